The van der Waals surface area contributed by atoms with E-state index in [1.807, 2.05) is 0 Å². The van der Waals surface area contributed by atoms with Gasteiger partial charge in [-0.25, -0.2) is 22.2 Å². The first kappa shape index (κ1) is 20.9. The summed E-state index contributed by atoms with van der Waals surface area (Å²) in [5.74, 6) is -1.68. The smallest absolute Gasteiger partial charge is 0.244 e. The first-order chi connectivity index (χ1) is 14.3. The van der Waals surface area contributed by atoms with Gasteiger partial charge in [-0.1, -0.05) is 11.6 Å². The molecule has 1 aliphatic heterocycles. The van der Waals surface area contributed by atoms with E-state index < -0.39 is 27.8 Å². The van der Waals surface area contributed by atoms with E-state index in [1.165, 1.54) is 28.7 Å². The second-order valence-electron chi connectivity index (χ2n) is 6.94. The van der Waals surface area contributed by atoms with Crippen LogP contribution in [-0.4, -0.2) is 42.0 Å². The molecule has 6 nitrogen and oxygen atoms in total. The maximum Gasteiger partial charge on any atom is 0.244 e. The summed E-state index contributed by atoms with van der Waals surface area (Å²) >= 11 is 6.17. The number of hydrogen-bond acceptors (Lipinski definition) is 5. The highest BCUT2D eigenvalue weighted by Gasteiger charge is 2.31. The number of piperidine rings is 1. The first-order valence-electron chi connectivity index (χ1n) is 9.15. The lowest BCUT2D eigenvalue weighted by molar-refractivity contribution is 0.113. The highest BCUT2D eigenvalue weighted by atomic mass is 35.5. The van der Waals surface area contributed by atoms with E-state index in [0.29, 0.717) is 24.0 Å². The van der Waals surface area contributed by atoms with Crippen molar-refractivity contribution in [1.29, 1.82) is 0 Å². The van der Waals surface area contributed by atoms with Gasteiger partial charge in [-0.3, -0.25) is 0 Å². The van der Waals surface area contributed by atoms with E-state index in [9.17, 15) is 22.3 Å². The summed E-state index contributed by atoms with van der Waals surface area (Å²) in [6.07, 6.45) is 1.54. The van der Waals surface area contributed by atoms with Crippen LogP contribution in [0.5, 0.6) is 0 Å². The third-order valence-corrected chi connectivity index (χ3v) is 7.31. The molecule has 0 amide bonds. The number of aliphatic hydroxyl groups is 1. The zero-order valence-corrected chi connectivity index (χ0v) is 17.1. The van der Waals surface area contributed by atoms with Crippen LogP contribution in [0.4, 0.5) is 8.78 Å². The van der Waals surface area contributed by atoms with Crippen LogP contribution in [0.3, 0.4) is 0 Å². The van der Waals surface area contributed by atoms with Crippen molar-refractivity contribution in [1.82, 2.24) is 9.29 Å². The Kier molecular flexibility index (Phi) is 5.63. The normalized spacial score (nSPS) is 16.1. The van der Waals surface area contributed by atoms with Crippen molar-refractivity contribution >= 4 is 21.6 Å². The molecular formula is C20H17ClF2N2O4S. The maximum atomic E-state index is 13.5. The molecule has 3 aromatic rings. The molecule has 1 N–H and O–H groups in total. The van der Waals surface area contributed by atoms with Crippen LogP contribution in [0.1, 0.15) is 12.8 Å². The number of aromatic nitrogens is 1. The lowest BCUT2D eigenvalue weighted by Crippen LogP contribution is -2.40. The van der Waals surface area contributed by atoms with Crippen LogP contribution in [0.25, 0.3) is 22.8 Å². The summed E-state index contributed by atoms with van der Waals surface area (Å²) in [5, 5.41) is 9.68. The lowest BCUT2D eigenvalue weighted by atomic mass is 10.1. The molecule has 1 saturated heterocycles. The first-order valence-corrected chi connectivity index (χ1v) is 11.0. The van der Waals surface area contributed by atoms with Crippen molar-refractivity contribution in [3.8, 4) is 22.8 Å². The van der Waals surface area contributed by atoms with Crippen LogP contribution >= 0.6 is 11.6 Å². The Bertz CT molecular complexity index is 1190. The predicted molar refractivity (Wildman–Crippen MR) is 106 cm³/mol. The molecule has 0 radical (unpaired) electrons. The maximum absolute atomic E-state index is 13.5. The van der Waals surface area contributed by atoms with Gasteiger partial charge in [0.15, 0.2) is 17.4 Å². The van der Waals surface area contributed by atoms with Crippen molar-refractivity contribution < 1.29 is 26.7 Å². The quantitative estimate of drug-likeness (QED) is 0.642. The molecular weight excluding hydrogens is 438 g/mol. The third-order valence-electron chi connectivity index (χ3n) is 4.93. The Balaban J connectivity index is 1.67. The molecule has 0 bridgehead atoms. The summed E-state index contributed by atoms with van der Waals surface area (Å²) in [6.45, 7) is 0.396. The summed E-state index contributed by atoms with van der Waals surface area (Å²) in [6, 6.07) is 7.68. The van der Waals surface area contributed by atoms with Crippen molar-refractivity contribution in [3.05, 3.63) is 59.3 Å². The number of aliphatic hydroxyl groups excluding tert-OH is 1. The topological polar surface area (TPSA) is 83.6 Å². The minimum Gasteiger partial charge on any atom is -0.436 e. The summed E-state index contributed by atoms with van der Waals surface area (Å²) in [5.41, 5.74) is 0.658. The van der Waals surface area contributed by atoms with Crippen LogP contribution in [0, 0.1) is 11.6 Å². The van der Waals surface area contributed by atoms with Gasteiger partial charge in [0.25, 0.3) is 0 Å². The molecule has 1 aliphatic rings. The molecule has 0 aliphatic carbocycles. The van der Waals surface area contributed by atoms with E-state index in [4.69, 9.17) is 16.0 Å². The Morgan fingerprint density at radius 3 is 2.47 bits per heavy atom. The predicted octanol–water partition coefficient (Wildman–Crippen LogP) is 4.09. The van der Waals surface area contributed by atoms with Gasteiger partial charge in [-0.2, -0.15) is 4.31 Å². The molecule has 2 heterocycles. The van der Waals surface area contributed by atoms with Gasteiger partial charge in [-0.05, 0) is 49.2 Å². The fraction of sp³-hybridized carbons (Fsp3) is 0.250. The second-order valence-corrected chi connectivity index (χ2v) is 9.25. The molecule has 0 unspecified atom stereocenters. The largest absolute Gasteiger partial charge is 0.436 e. The van der Waals surface area contributed by atoms with Gasteiger partial charge < -0.3 is 9.52 Å². The van der Waals surface area contributed by atoms with E-state index in [2.05, 4.69) is 4.98 Å². The van der Waals surface area contributed by atoms with Crippen LogP contribution < -0.4 is 0 Å². The number of oxazole rings is 1. The zero-order chi connectivity index (χ0) is 21.5. The fourth-order valence-corrected chi connectivity index (χ4v) is 5.22. The van der Waals surface area contributed by atoms with Crippen molar-refractivity contribution in [2.45, 2.75) is 23.8 Å². The molecule has 1 fully saturated rings. The van der Waals surface area contributed by atoms with Gasteiger partial charge >= 0.3 is 0 Å². The number of sulfonamides is 1. The number of hydrogen-bond donors (Lipinski definition) is 1. The Labute approximate surface area is 176 Å². The van der Waals surface area contributed by atoms with Gasteiger partial charge in [-0.15, -0.1) is 0 Å². The van der Waals surface area contributed by atoms with Crippen molar-refractivity contribution in [3.63, 3.8) is 0 Å². The van der Waals surface area contributed by atoms with Gasteiger partial charge in [0.1, 0.15) is 4.90 Å². The summed E-state index contributed by atoms with van der Waals surface area (Å²) in [4.78, 5) is 4.03. The highest BCUT2D eigenvalue weighted by Crippen LogP contribution is 2.33. The molecule has 10 heteroatoms. The number of nitrogens with zero attached hydrogens (tertiary/aromatic N) is 2. The average molecular weight is 455 g/mol. The molecule has 30 heavy (non-hydrogen) atoms. The van der Waals surface area contributed by atoms with Crippen LogP contribution in [0.2, 0.25) is 5.02 Å². The third kappa shape index (κ3) is 3.98. The minimum atomic E-state index is -3.87. The molecule has 0 atom stereocenters. The summed E-state index contributed by atoms with van der Waals surface area (Å²) in [7, 11) is -3.87. The van der Waals surface area contributed by atoms with Gasteiger partial charge in [0, 0.05) is 24.2 Å². The zero-order valence-electron chi connectivity index (χ0n) is 15.6. The Hall–Kier alpha value is -2.33. The Morgan fingerprint density at radius 1 is 1.07 bits per heavy atom. The minimum absolute atomic E-state index is 0.0530. The second kappa shape index (κ2) is 8.07. The van der Waals surface area contributed by atoms with Crippen molar-refractivity contribution in [2.75, 3.05) is 13.1 Å². The summed E-state index contributed by atoms with van der Waals surface area (Å²) < 4.78 is 59.6. The average Bonchev–Trinajstić information content (AvgIpc) is 3.21. The number of benzene rings is 2. The van der Waals surface area contributed by atoms with Gasteiger partial charge in [0.05, 0.1) is 17.3 Å². The molecule has 158 valence electrons. The molecule has 0 spiro atoms. The Morgan fingerprint density at radius 2 is 1.77 bits per heavy atom. The molecule has 0 saturated carbocycles. The highest BCUT2D eigenvalue weighted by molar-refractivity contribution is 7.89. The van der Waals surface area contributed by atoms with Crippen molar-refractivity contribution in [2.24, 2.45) is 0 Å². The van der Waals surface area contributed by atoms with E-state index in [0.717, 1.165) is 12.1 Å². The van der Waals surface area contributed by atoms with E-state index >= 15 is 0 Å². The monoisotopic (exact) mass is 454 g/mol. The number of rotatable bonds is 4. The lowest BCUT2D eigenvalue weighted by Gasteiger charge is -2.29. The standard InChI is InChI=1S/C20H17ClF2N2O4S/c21-15-3-1-13(10-19(15)30(27,28)25-7-5-14(26)6-8-25)20-24-11-18(29-20)12-2-4-16(22)17(23)9-12/h1-4,9-11,14,26H,5-8H2. The molecule has 4 rings (SSSR count). The number of halogens is 3. The van der Waals surface area contributed by atoms with Crippen LogP contribution in [0.15, 0.2) is 51.9 Å². The molecule has 2 aromatic carbocycles. The van der Waals surface area contributed by atoms with Gasteiger partial charge in [0.2, 0.25) is 15.9 Å². The SMILES string of the molecule is O=S(=O)(c1cc(-c2ncc(-c3ccc(F)c(F)c3)o2)ccc1Cl)N1CCC(O)CC1. The van der Waals surface area contributed by atoms with E-state index in [1.54, 1.807) is 6.07 Å². The fourth-order valence-electron chi connectivity index (χ4n) is 3.25. The molecule has 1 aromatic heterocycles. The van der Waals surface area contributed by atoms with Crippen LogP contribution in [-0.2, 0) is 10.0 Å². The van der Waals surface area contributed by atoms with E-state index in [-0.39, 0.29) is 34.7 Å².